The smallest absolute Gasteiger partial charge is 0.308 e. The molecule has 0 aliphatic carbocycles. The van der Waals surface area contributed by atoms with E-state index in [1.165, 1.54) is 18.4 Å². The number of aliphatic hydroxyl groups is 1. The van der Waals surface area contributed by atoms with Gasteiger partial charge < -0.3 is 9.84 Å². The zero-order valence-electron chi connectivity index (χ0n) is 20.0. The Morgan fingerprint density at radius 2 is 1.89 bits per heavy atom. The van der Waals surface area contributed by atoms with Crippen LogP contribution in [0.15, 0.2) is 53.5 Å². The number of nitriles is 1. The fraction of sp³-hybridized carbons (Fsp3) is 0.222. The van der Waals surface area contributed by atoms with E-state index in [9.17, 15) is 15.2 Å². The number of aromatic nitrogens is 3. The molecule has 1 aliphatic heterocycles. The molecule has 1 N–H and O–H groups in total. The summed E-state index contributed by atoms with van der Waals surface area (Å²) >= 11 is 1.47. The SMILES string of the molecule is COC(=O)C[C@@H]1N=C(c2ccc(-c3cccc(C#N)c3)cc2)c2c(sc(CO)c2C)-n2c(C)nnc21. The van der Waals surface area contributed by atoms with Crippen molar-refractivity contribution < 1.29 is 14.6 Å². The molecule has 0 fully saturated rings. The molecule has 1 aliphatic rings. The van der Waals surface area contributed by atoms with Crippen LogP contribution >= 0.6 is 11.3 Å². The molecular formula is C27H23N5O3S. The van der Waals surface area contributed by atoms with Gasteiger partial charge in [-0.05, 0) is 42.7 Å². The van der Waals surface area contributed by atoms with E-state index < -0.39 is 6.04 Å². The molecule has 4 aromatic rings. The summed E-state index contributed by atoms with van der Waals surface area (Å²) in [5, 5.41) is 28.7. The number of aryl methyl sites for hydroxylation is 1. The van der Waals surface area contributed by atoms with Gasteiger partial charge in [-0.25, -0.2) is 0 Å². The monoisotopic (exact) mass is 497 g/mol. The Morgan fingerprint density at radius 1 is 1.14 bits per heavy atom. The first-order chi connectivity index (χ1) is 17.4. The van der Waals surface area contributed by atoms with Crippen molar-refractivity contribution in [2.24, 2.45) is 4.99 Å². The molecule has 36 heavy (non-hydrogen) atoms. The Bertz CT molecular complexity index is 1540. The Morgan fingerprint density at radius 3 is 2.58 bits per heavy atom. The van der Waals surface area contributed by atoms with Crippen molar-refractivity contribution in [1.29, 1.82) is 5.26 Å². The molecule has 9 heteroatoms. The van der Waals surface area contributed by atoms with Crippen molar-refractivity contribution >= 4 is 23.0 Å². The molecule has 0 spiro atoms. The van der Waals surface area contributed by atoms with E-state index in [-0.39, 0.29) is 19.0 Å². The molecule has 0 radical (unpaired) electrons. The van der Waals surface area contributed by atoms with Crippen LogP contribution in [0.2, 0.25) is 0 Å². The third-order valence-electron chi connectivity index (χ3n) is 6.31. The normalized spacial score (nSPS) is 14.3. The highest BCUT2D eigenvalue weighted by atomic mass is 32.1. The number of hydrogen-bond acceptors (Lipinski definition) is 8. The zero-order chi connectivity index (χ0) is 25.4. The molecule has 0 amide bonds. The highest BCUT2D eigenvalue weighted by molar-refractivity contribution is 7.15. The summed E-state index contributed by atoms with van der Waals surface area (Å²) in [6.07, 6.45) is 0.0258. The predicted octanol–water partition coefficient (Wildman–Crippen LogP) is 4.43. The standard InChI is InChI=1S/C27H23N5O3S/c1-15-22(14-33)36-27-24(15)25(29-21(12-23(34)35-3)26-31-30-16(2)32(26)27)19-9-7-18(8-10-19)20-6-4-5-17(11-20)13-28/h4-11,21,33H,12,14H2,1-3H3/t21-/m0/s1. The van der Waals surface area contributed by atoms with Gasteiger partial charge in [-0.2, -0.15) is 5.26 Å². The molecule has 0 unspecified atom stereocenters. The van der Waals surface area contributed by atoms with Crippen LogP contribution in [0.25, 0.3) is 16.1 Å². The second-order valence-corrected chi connectivity index (χ2v) is 9.56. The molecule has 2 aromatic heterocycles. The molecule has 2 aromatic carbocycles. The lowest BCUT2D eigenvalue weighted by molar-refractivity contribution is -0.141. The molecule has 5 rings (SSSR count). The summed E-state index contributed by atoms with van der Waals surface area (Å²) in [5.41, 5.74) is 5.93. The number of benzene rings is 2. The fourth-order valence-electron chi connectivity index (χ4n) is 4.44. The number of nitrogens with zero attached hydrogens (tertiary/aromatic N) is 5. The fourth-order valence-corrected chi connectivity index (χ4v) is 5.66. The minimum Gasteiger partial charge on any atom is -0.469 e. The summed E-state index contributed by atoms with van der Waals surface area (Å²) in [7, 11) is 1.36. The van der Waals surface area contributed by atoms with Gasteiger partial charge in [-0.1, -0.05) is 36.4 Å². The number of hydrogen-bond donors (Lipinski definition) is 1. The maximum Gasteiger partial charge on any atom is 0.308 e. The minimum absolute atomic E-state index is 0.0258. The number of aliphatic hydroxyl groups excluding tert-OH is 1. The molecule has 3 heterocycles. The van der Waals surface area contributed by atoms with Gasteiger partial charge in [0.2, 0.25) is 0 Å². The van der Waals surface area contributed by atoms with Gasteiger partial charge in [0.25, 0.3) is 0 Å². The zero-order valence-corrected chi connectivity index (χ0v) is 20.8. The first kappa shape index (κ1) is 23.6. The molecule has 1 atom stereocenters. The summed E-state index contributed by atoms with van der Waals surface area (Å²) in [6.45, 7) is 3.74. The van der Waals surface area contributed by atoms with Crippen LogP contribution in [0.5, 0.6) is 0 Å². The van der Waals surface area contributed by atoms with Crippen molar-refractivity contribution in [3.8, 4) is 22.2 Å². The third kappa shape index (κ3) is 4.00. The third-order valence-corrected chi connectivity index (χ3v) is 7.58. The van der Waals surface area contributed by atoms with Crippen molar-refractivity contribution in [2.45, 2.75) is 32.9 Å². The maximum atomic E-state index is 12.3. The highest BCUT2D eigenvalue weighted by Crippen LogP contribution is 2.40. The first-order valence-corrected chi connectivity index (χ1v) is 12.2. The lowest BCUT2D eigenvalue weighted by Crippen LogP contribution is -2.12. The van der Waals surface area contributed by atoms with Crippen molar-refractivity contribution in [3.63, 3.8) is 0 Å². The molecule has 180 valence electrons. The van der Waals surface area contributed by atoms with E-state index in [0.717, 1.165) is 43.4 Å². The number of ether oxygens (including phenoxy) is 1. The molecule has 0 bridgehead atoms. The minimum atomic E-state index is -0.586. The van der Waals surface area contributed by atoms with Crippen LogP contribution in [0.1, 0.15) is 51.2 Å². The van der Waals surface area contributed by atoms with Crippen molar-refractivity contribution in [3.05, 3.63) is 87.3 Å². The van der Waals surface area contributed by atoms with E-state index in [4.69, 9.17) is 9.73 Å². The van der Waals surface area contributed by atoms with E-state index in [1.807, 2.05) is 60.9 Å². The number of esters is 1. The van der Waals surface area contributed by atoms with Gasteiger partial charge in [0.1, 0.15) is 16.9 Å². The Labute approximate surface area is 212 Å². The van der Waals surface area contributed by atoms with Gasteiger partial charge in [-0.3, -0.25) is 14.4 Å². The lowest BCUT2D eigenvalue weighted by Gasteiger charge is -2.12. The quantitative estimate of drug-likeness (QED) is 0.408. The second-order valence-electron chi connectivity index (χ2n) is 8.47. The van der Waals surface area contributed by atoms with Gasteiger partial charge >= 0.3 is 5.97 Å². The van der Waals surface area contributed by atoms with E-state index in [0.29, 0.717) is 17.2 Å². The van der Waals surface area contributed by atoms with Gasteiger partial charge in [0.15, 0.2) is 5.82 Å². The van der Waals surface area contributed by atoms with Crippen LogP contribution in [0.4, 0.5) is 0 Å². The van der Waals surface area contributed by atoms with Crippen molar-refractivity contribution in [2.75, 3.05) is 7.11 Å². The number of carbonyl (C=O) groups excluding carboxylic acids is 1. The number of rotatable bonds is 5. The van der Waals surface area contributed by atoms with Crippen LogP contribution in [0.3, 0.4) is 0 Å². The molecule has 8 nitrogen and oxygen atoms in total. The Hall–Kier alpha value is -4.13. The summed E-state index contributed by atoms with van der Waals surface area (Å²) in [5.74, 6) is 0.849. The largest absolute Gasteiger partial charge is 0.469 e. The van der Waals surface area contributed by atoms with E-state index in [2.05, 4.69) is 16.3 Å². The summed E-state index contributed by atoms with van der Waals surface area (Å²) < 4.78 is 6.87. The first-order valence-electron chi connectivity index (χ1n) is 11.4. The number of methoxy groups -OCH3 is 1. The summed E-state index contributed by atoms with van der Waals surface area (Å²) in [4.78, 5) is 18.2. The second kappa shape index (κ2) is 9.49. The number of thiophene rings is 1. The molecular weight excluding hydrogens is 474 g/mol. The summed E-state index contributed by atoms with van der Waals surface area (Å²) in [6, 6.07) is 17.0. The van der Waals surface area contributed by atoms with Gasteiger partial charge in [0, 0.05) is 16.0 Å². The maximum absolute atomic E-state index is 12.3. The topological polar surface area (TPSA) is 113 Å². The lowest BCUT2D eigenvalue weighted by atomic mass is 9.96. The van der Waals surface area contributed by atoms with Gasteiger partial charge in [-0.15, -0.1) is 21.5 Å². The number of aliphatic imine (C=N–C) groups is 1. The molecule has 0 saturated heterocycles. The Balaban J connectivity index is 1.68. The highest BCUT2D eigenvalue weighted by Gasteiger charge is 2.33. The number of carbonyl (C=O) groups is 1. The average molecular weight is 498 g/mol. The van der Waals surface area contributed by atoms with Crippen LogP contribution in [-0.4, -0.2) is 38.7 Å². The Kier molecular flexibility index (Phi) is 6.22. The van der Waals surface area contributed by atoms with Crippen molar-refractivity contribution in [1.82, 2.24) is 14.8 Å². The van der Waals surface area contributed by atoms with E-state index >= 15 is 0 Å². The van der Waals surface area contributed by atoms with E-state index in [1.54, 1.807) is 6.07 Å². The van der Waals surface area contributed by atoms with Gasteiger partial charge in [0.05, 0.1) is 37.5 Å². The van der Waals surface area contributed by atoms with Crippen LogP contribution in [-0.2, 0) is 16.1 Å². The van der Waals surface area contributed by atoms with Crippen LogP contribution < -0.4 is 0 Å². The molecule has 0 saturated carbocycles. The van der Waals surface area contributed by atoms with Crippen LogP contribution in [0, 0.1) is 25.2 Å². The number of fused-ring (bicyclic) bond motifs is 3. The average Bonchev–Trinajstić information content (AvgIpc) is 3.41. The predicted molar refractivity (Wildman–Crippen MR) is 136 cm³/mol.